The number of aliphatic hydroxyl groups excluding tert-OH is 4. The van der Waals surface area contributed by atoms with Crippen molar-refractivity contribution in [1.82, 2.24) is 0 Å². The Morgan fingerprint density at radius 2 is 1.70 bits per heavy atom. The van der Waals surface area contributed by atoms with E-state index in [9.17, 15) is 25.2 Å². The van der Waals surface area contributed by atoms with Gasteiger partial charge in [0.25, 0.3) is 0 Å². The number of allylic oxidation sites excluding steroid dienone is 1. The molecule has 0 aliphatic carbocycles. The molecule has 3 aromatic rings. The highest BCUT2D eigenvalue weighted by Gasteiger charge is 2.46. The van der Waals surface area contributed by atoms with Gasteiger partial charge in [-0.25, -0.2) is 0 Å². The van der Waals surface area contributed by atoms with E-state index in [1.807, 2.05) is 54.6 Å². The lowest BCUT2D eigenvalue weighted by atomic mass is 9.88. The van der Waals surface area contributed by atoms with Crippen LogP contribution in [0.5, 0.6) is 23.0 Å². The highest BCUT2D eigenvalue weighted by molar-refractivity contribution is 6.11. The first-order valence-electron chi connectivity index (χ1n) is 15.2. The first-order chi connectivity index (χ1) is 22.3. The summed E-state index contributed by atoms with van der Waals surface area (Å²) < 4.78 is 34.9. The van der Waals surface area contributed by atoms with Crippen molar-refractivity contribution in [3.05, 3.63) is 89.0 Å². The molecule has 4 unspecified atom stereocenters. The second-order valence-electron chi connectivity index (χ2n) is 11.1. The average molecular weight is 637 g/mol. The van der Waals surface area contributed by atoms with E-state index in [-0.39, 0.29) is 41.3 Å². The van der Waals surface area contributed by atoms with Crippen LogP contribution in [0.1, 0.15) is 52.4 Å². The third kappa shape index (κ3) is 7.52. The van der Waals surface area contributed by atoms with Crippen molar-refractivity contribution in [1.29, 1.82) is 0 Å². The zero-order chi connectivity index (χ0) is 32.6. The summed E-state index contributed by atoms with van der Waals surface area (Å²) in [5.74, 6) is 0.453. The van der Waals surface area contributed by atoms with Crippen LogP contribution in [0.4, 0.5) is 0 Å². The van der Waals surface area contributed by atoms with Gasteiger partial charge in [0.15, 0.2) is 12.1 Å². The lowest BCUT2D eigenvalue weighted by Crippen LogP contribution is -2.55. The van der Waals surface area contributed by atoms with Crippen LogP contribution in [0.15, 0.2) is 66.7 Å². The zero-order valence-corrected chi connectivity index (χ0v) is 25.8. The smallest absolute Gasteiger partial charge is 0.199 e. The van der Waals surface area contributed by atoms with E-state index in [4.69, 9.17) is 28.4 Å². The summed E-state index contributed by atoms with van der Waals surface area (Å²) in [6, 6.07) is 18.1. The first-order valence-corrected chi connectivity index (χ1v) is 15.2. The van der Waals surface area contributed by atoms with Gasteiger partial charge in [0.2, 0.25) is 0 Å². The van der Waals surface area contributed by atoms with Crippen molar-refractivity contribution >= 4 is 11.9 Å². The molecule has 0 bridgehead atoms. The van der Waals surface area contributed by atoms with Gasteiger partial charge >= 0.3 is 0 Å². The number of ketones is 1. The fourth-order valence-corrected chi connectivity index (χ4v) is 5.57. The van der Waals surface area contributed by atoms with Crippen molar-refractivity contribution < 1.29 is 53.6 Å². The normalized spacial score (nSPS) is 24.8. The van der Waals surface area contributed by atoms with Gasteiger partial charge in [-0.1, -0.05) is 48.5 Å². The highest BCUT2D eigenvalue weighted by Crippen LogP contribution is 2.47. The Balaban J connectivity index is 1.50. The van der Waals surface area contributed by atoms with E-state index < -0.39 is 42.9 Å². The number of hydrogen-bond donors (Lipinski definition) is 4. The molecule has 0 saturated carbocycles. The maximum atomic E-state index is 14.0. The van der Waals surface area contributed by atoms with Crippen LogP contribution in [0.25, 0.3) is 6.08 Å². The molecule has 2 fully saturated rings. The topological polar surface area (TPSA) is 153 Å². The Bertz CT molecular complexity index is 1470. The number of carbonyl (C=O) groups is 1. The fraction of sp³-hybridized carbons (Fsp3) is 0.400. The summed E-state index contributed by atoms with van der Waals surface area (Å²) in [4.78, 5) is 14.0. The Kier molecular flexibility index (Phi) is 11.3. The van der Waals surface area contributed by atoms with Gasteiger partial charge in [-0.3, -0.25) is 4.79 Å². The molecule has 4 N–H and O–H groups in total. The molecule has 11 nitrogen and oxygen atoms in total. The molecule has 2 saturated heterocycles. The van der Waals surface area contributed by atoms with Crippen molar-refractivity contribution in [3.63, 3.8) is 0 Å². The van der Waals surface area contributed by atoms with Gasteiger partial charge in [0, 0.05) is 12.5 Å². The van der Waals surface area contributed by atoms with Crippen molar-refractivity contribution in [2.45, 2.75) is 62.7 Å². The number of ether oxygens (including phenoxy) is 6. The molecule has 246 valence electrons. The molecule has 0 amide bonds. The third-order valence-electron chi connectivity index (χ3n) is 8.04. The summed E-state index contributed by atoms with van der Waals surface area (Å²) >= 11 is 0. The number of benzene rings is 3. The van der Waals surface area contributed by atoms with Crippen molar-refractivity contribution in [3.8, 4) is 23.0 Å². The minimum atomic E-state index is -1.66. The minimum absolute atomic E-state index is 0.0161. The Morgan fingerprint density at radius 1 is 0.935 bits per heavy atom. The monoisotopic (exact) mass is 636 g/mol. The fourth-order valence-electron chi connectivity index (χ4n) is 5.57. The van der Waals surface area contributed by atoms with E-state index in [2.05, 4.69) is 0 Å². The molecule has 2 aliphatic rings. The quantitative estimate of drug-likeness (QED) is 0.170. The molecule has 11 heteroatoms. The summed E-state index contributed by atoms with van der Waals surface area (Å²) in [5, 5.41) is 41.6. The molecule has 0 aromatic heterocycles. The molecular formula is C35H40O11. The van der Waals surface area contributed by atoms with Crippen LogP contribution >= 0.6 is 0 Å². The molecule has 46 heavy (non-hydrogen) atoms. The molecule has 0 radical (unpaired) electrons. The van der Waals surface area contributed by atoms with E-state index in [0.29, 0.717) is 12.4 Å². The van der Waals surface area contributed by atoms with E-state index in [0.717, 1.165) is 30.4 Å². The molecule has 0 spiro atoms. The second-order valence-corrected chi connectivity index (χ2v) is 11.1. The van der Waals surface area contributed by atoms with Crippen LogP contribution in [-0.4, -0.2) is 84.3 Å². The Labute approximate surface area is 267 Å². The second kappa shape index (κ2) is 15.5. The van der Waals surface area contributed by atoms with E-state index >= 15 is 0 Å². The van der Waals surface area contributed by atoms with E-state index in [1.54, 1.807) is 6.08 Å². The van der Waals surface area contributed by atoms with Gasteiger partial charge in [-0.05, 0) is 42.2 Å². The van der Waals surface area contributed by atoms with Gasteiger partial charge < -0.3 is 48.8 Å². The summed E-state index contributed by atoms with van der Waals surface area (Å²) in [5.41, 5.74) is 1.72. The van der Waals surface area contributed by atoms with Crippen LogP contribution in [0, 0.1) is 0 Å². The number of aliphatic hydroxyl groups is 4. The van der Waals surface area contributed by atoms with Gasteiger partial charge in [0.1, 0.15) is 65.7 Å². The minimum Gasteiger partial charge on any atom is -0.496 e. The van der Waals surface area contributed by atoms with Crippen LogP contribution in [0.3, 0.4) is 0 Å². The van der Waals surface area contributed by atoms with Gasteiger partial charge in [-0.2, -0.15) is 0 Å². The zero-order valence-electron chi connectivity index (χ0n) is 25.8. The van der Waals surface area contributed by atoms with Crippen LogP contribution < -0.4 is 18.9 Å². The van der Waals surface area contributed by atoms with Crippen LogP contribution in [-0.2, 0) is 16.1 Å². The SMILES string of the molecule is COc1cc(OCc2ccccc2)c(C(=O)/C=C/c2ccc(OC3CCCCO3)cc2)c(OC)c1[C@@H]1OC(CO)[C@@H](O)C(O)C1O. The molecule has 2 heterocycles. The lowest BCUT2D eigenvalue weighted by molar-refractivity contribution is -0.232. The summed E-state index contributed by atoms with van der Waals surface area (Å²) in [7, 11) is 2.73. The number of carbonyl (C=O) groups excluding carboxylic acids is 1. The maximum Gasteiger partial charge on any atom is 0.199 e. The third-order valence-corrected chi connectivity index (χ3v) is 8.04. The Hall–Kier alpha value is -3.97. The summed E-state index contributed by atoms with van der Waals surface area (Å²) in [6.45, 7) is 0.177. The van der Waals surface area contributed by atoms with Crippen molar-refractivity contribution in [2.75, 3.05) is 27.4 Å². The van der Waals surface area contributed by atoms with E-state index in [1.165, 1.54) is 26.4 Å². The molecule has 6 atom stereocenters. The van der Waals surface area contributed by atoms with Crippen molar-refractivity contribution in [2.24, 2.45) is 0 Å². The predicted molar refractivity (Wildman–Crippen MR) is 167 cm³/mol. The number of hydrogen-bond acceptors (Lipinski definition) is 11. The predicted octanol–water partition coefficient (Wildman–Crippen LogP) is 3.60. The molecular weight excluding hydrogens is 596 g/mol. The number of rotatable bonds is 12. The summed E-state index contributed by atoms with van der Waals surface area (Å²) in [6.07, 6.45) is -1.74. The molecule has 2 aliphatic heterocycles. The lowest BCUT2D eigenvalue weighted by Gasteiger charge is -2.41. The maximum absolute atomic E-state index is 14.0. The van der Waals surface area contributed by atoms with Gasteiger partial charge in [-0.15, -0.1) is 0 Å². The Morgan fingerprint density at radius 3 is 2.35 bits per heavy atom. The van der Waals surface area contributed by atoms with Crippen LogP contribution in [0.2, 0.25) is 0 Å². The standard InChI is InChI=1S/C35H40O11/c1-41-25-18-26(44-20-22-8-4-3-5-9-22)29(34(42-2)30(25)35-33(40)32(39)31(38)27(19-36)46-35)24(37)16-13-21-11-14-23(15-12-21)45-28-10-6-7-17-43-28/h3-5,8-9,11-16,18,27-28,31-33,35-36,38-40H,6-7,10,17,19-20H2,1-2H3/b16-13+/t27?,28?,31-,32?,33?,35+/m1/s1. The average Bonchev–Trinajstić information content (AvgIpc) is 3.09. The number of methoxy groups -OCH3 is 2. The largest absolute Gasteiger partial charge is 0.496 e. The van der Waals surface area contributed by atoms with Gasteiger partial charge in [0.05, 0.1) is 33.0 Å². The first kappa shape index (κ1) is 33.4. The highest BCUT2D eigenvalue weighted by atomic mass is 16.7. The molecule has 3 aromatic carbocycles. The molecule has 5 rings (SSSR count).